The van der Waals surface area contributed by atoms with E-state index in [1.807, 2.05) is 42.2 Å². The van der Waals surface area contributed by atoms with Crippen LogP contribution < -0.4 is 0 Å². The lowest BCUT2D eigenvalue weighted by molar-refractivity contribution is 0.0223. The Kier molecular flexibility index (Phi) is 5.65. The van der Waals surface area contributed by atoms with Crippen molar-refractivity contribution in [3.8, 4) is 5.69 Å². The first-order valence-electron chi connectivity index (χ1n) is 11.1. The second-order valence-electron chi connectivity index (χ2n) is 8.45. The molecule has 1 amide bonds. The molecule has 1 atom stereocenters. The van der Waals surface area contributed by atoms with Gasteiger partial charge in [0.2, 0.25) is 0 Å². The summed E-state index contributed by atoms with van der Waals surface area (Å²) in [6.45, 7) is 8.08. The SMILES string of the molecule is Cc1c(C(=O)N2CCCC(CN3CCOCC3)C2)nnn1-c1cccc2ncccc12. The predicted octanol–water partition coefficient (Wildman–Crippen LogP) is 2.31. The number of amides is 1. The molecule has 0 saturated carbocycles. The van der Waals surface area contributed by atoms with Crippen molar-refractivity contribution in [2.75, 3.05) is 45.9 Å². The summed E-state index contributed by atoms with van der Waals surface area (Å²) in [7, 11) is 0. The summed E-state index contributed by atoms with van der Waals surface area (Å²) in [6.07, 6.45) is 3.97. The highest BCUT2D eigenvalue weighted by Crippen LogP contribution is 2.24. The number of rotatable bonds is 4. The molecule has 4 heterocycles. The van der Waals surface area contributed by atoms with Crippen molar-refractivity contribution in [2.45, 2.75) is 19.8 Å². The average molecular weight is 421 g/mol. The van der Waals surface area contributed by atoms with Gasteiger partial charge in [0.15, 0.2) is 5.69 Å². The number of morpholine rings is 1. The molecule has 5 rings (SSSR count). The number of ether oxygens (including phenoxy) is 1. The van der Waals surface area contributed by atoms with Crippen molar-refractivity contribution >= 4 is 16.8 Å². The van der Waals surface area contributed by atoms with Crippen molar-refractivity contribution in [2.24, 2.45) is 5.92 Å². The molecule has 2 aromatic heterocycles. The average Bonchev–Trinajstić information content (AvgIpc) is 3.20. The number of hydrogen-bond donors (Lipinski definition) is 0. The van der Waals surface area contributed by atoms with Crippen LogP contribution in [0.2, 0.25) is 0 Å². The van der Waals surface area contributed by atoms with Crippen LogP contribution in [0.1, 0.15) is 29.0 Å². The first-order valence-corrected chi connectivity index (χ1v) is 11.1. The number of aromatic nitrogens is 4. The predicted molar refractivity (Wildman–Crippen MR) is 117 cm³/mol. The van der Waals surface area contributed by atoms with Crippen LogP contribution in [0.3, 0.4) is 0 Å². The van der Waals surface area contributed by atoms with Gasteiger partial charge in [0.1, 0.15) is 0 Å². The Morgan fingerprint density at radius 2 is 2.03 bits per heavy atom. The third-order valence-corrected chi connectivity index (χ3v) is 6.37. The maximum absolute atomic E-state index is 13.3. The van der Waals surface area contributed by atoms with Gasteiger partial charge in [-0.25, -0.2) is 4.68 Å². The van der Waals surface area contributed by atoms with E-state index >= 15 is 0 Å². The Morgan fingerprint density at radius 1 is 1.16 bits per heavy atom. The normalized spacial score (nSPS) is 20.3. The molecule has 31 heavy (non-hydrogen) atoms. The second-order valence-corrected chi connectivity index (χ2v) is 8.45. The zero-order valence-electron chi connectivity index (χ0n) is 17.9. The standard InChI is InChI=1S/C23H28N6O2/c1-17-22(25-26-29(17)21-8-2-7-20-19(21)6-3-9-24-20)23(30)28-10-4-5-18(16-28)15-27-11-13-31-14-12-27/h2-3,6-9,18H,4-5,10-16H2,1H3. The fourth-order valence-corrected chi connectivity index (χ4v) is 4.72. The number of piperidine rings is 1. The van der Waals surface area contributed by atoms with E-state index in [4.69, 9.17) is 4.74 Å². The summed E-state index contributed by atoms with van der Waals surface area (Å²) in [5.74, 6) is 0.476. The van der Waals surface area contributed by atoms with Gasteiger partial charge < -0.3 is 9.64 Å². The summed E-state index contributed by atoms with van der Waals surface area (Å²) in [5, 5.41) is 9.61. The zero-order chi connectivity index (χ0) is 21.2. The molecule has 0 spiro atoms. The lowest BCUT2D eigenvalue weighted by Gasteiger charge is -2.36. The van der Waals surface area contributed by atoms with Gasteiger partial charge >= 0.3 is 0 Å². The molecule has 162 valence electrons. The van der Waals surface area contributed by atoms with Crippen molar-refractivity contribution in [3.05, 3.63) is 47.9 Å². The van der Waals surface area contributed by atoms with E-state index in [-0.39, 0.29) is 5.91 Å². The van der Waals surface area contributed by atoms with E-state index in [9.17, 15) is 4.79 Å². The van der Waals surface area contributed by atoms with Gasteiger partial charge in [0, 0.05) is 44.3 Å². The minimum Gasteiger partial charge on any atom is -0.379 e. The lowest BCUT2D eigenvalue weighted by Crippen LogP contribution is -2.46. The van der Waals surface area contributed by atoms with Gasteiger partial charge in [0.05, 0.1) is 30.1 Å². The molecule has 1 aromatic carbocycles. The third kappa shape index (κ3) is 4.05. The highest BCUT2D eigenvalue weighted by atomic mass is 16.5. The van der Waals surface area contributed by atoms with Gasteiger partial charge in [-0.1, -0.05) is 11.3 Å². The quantitative estimate of drug-likeness (QED) is 0.645. The van der Waals surface area contributed by atoms with E-state index in [2.05, 4.69) is 20.2 Å². The van der Waals surface area contributed by atoms with Gasteiger partial charge in [-0.15, -0.1) is 5.10 Å². The van der Waals surface area contributed by atoms with Crippen molar-refractivity contribution in [3.63, 3.8) is 0 Å². The van der Waals surface area contributed by atoms with Crippen LogP contribution in [0.25, 0.3) is 16.6 Å². The van der Waals surface area contributed by atoms with Gasteiger partial charge in [-0.2, -0.15) is 0 Å². The van der Waals surface area contributed by atoms with E-state index in [1.165, 1.54) is 0 Å². The van der Waals surface area contributed by atoms with E-state index in [0.717, 1.165) is 81.1 Å². The monoisotopic (exact) mass is 420 g/mol. The minimum absolute atomic E-state index is 0.0196. The number of carbonyl (C=O) groups excluding carboxylic acids is 1. The Morgan fingerprint density at radius 3 is 2.90 bits per heavy atom. The fraction of sp³-hybridized carbons (Fsp3) is 0.478. The second kappa shape index (κ2) is 8.72. The van der Waals surface area contributed by atoms with Crippen molar-refractivity contribution in [1.82, 2.24) is 29.8 Å². The number of pyridine rings is 1. The molecule has 8 nitrogen and oxygen atoms in total. The van der Waals surface area contributed by atoms with Crippen LogP contribution in [0.15, 0.2) is 36.5 Å². The summed E-state index contributed by atoms with van der Waals surface area (Å²) >= 11 is 0. The van der Waals surface area contributed by atoms with E-state index in [0.29, 0.717) is 11.6 Å². The number of carbonyl (C=O) groups is 1. The van der Waals surface area contributed by atoms with Gasteiger partial charge in [0.25, 0.3) is 5.91 Å². The van der Waals surface area contributed by atoms with Crippen LogP contribution in [0.5, 0.6) is 0 Å². The zero-order valence-corrected chi connectivity index (χ0v) is 17.9. The van der Waals surface area contributed by atoms with Gasteiger partial charge in [-0.3, -0.25) is 14.7 Å². The molecule has 0 radical (unpaired) electrons. The van der Waals surface area contributed by atoms with Crippen molar-refractivity contribution in [1.29, 1.82) is 0 Å². The third-order valence-electron chi connectivity index (χ3n) is 6.37. The van der Waals surface area contributed by atoms with Crippen molar-refractivity contribution < 1.29 is 9.53 Å². The Hall–Kier alpha value is -2.84. The molecule has 8 heteroatoms. The Labute approximate surface area is 181 Å². The molecular formula is C23H28N6O2. The highest BCUT2D eigenvalue weighted by molar-refractivity contribution is 5.94. The number of fused-ring (bicyclic) bond motifs is 1. The molecule has 2 aliphatic heterocycles. The summed E-state index contributed by atoms with van der Waals surface area (Å²) in [6, 6.07) is 9.83. The van der Waals surface area contributed by atoms with Crippen LogP contribution in [0.4, 0.5) is 0 Å². The first-order chi connectivity index (χ1) is 15.2. The topological polar surface area (TPSA) is 76.4 Å². The highest BCUT2D eigenvalue weighted by Gasteiger charge is 2.29. The molecule has 2 fully saturated rings. The largest absolute Gasteiger partial charge is 0.379 e. The maximum atomic E-state index is 13.3. The summed E-state index contributed by atoms with van der Waals surface area (Å²) in [4.78, 5) is 22.2. The van der Waals surface area contributed by atoms with Crippen LogP contribution >= 0.6 is 0 Å². The molecule has 1 unspecified atom stereocenters. The summed E-state index contributed by atoms with van der Waals surface area (Å²) < 4.78 is 7.21. The Bertz CT molecular complexity index is 1070. The molecule has 3 aromatic rings. The lowest BCUT2D eigenvalue weighted by atomic mass is 9.97. The Balaban J connectivity index is 1.35. The molecule has 0 bridgehead atoms. The first kappa shape index (κ1) is 20.1. The van der Waals surface area contributed by atoms with Crippen LogP contribution in [0, 0.1) is 12.8 Å². The molecular weight excluding hydrogens is 392 g/mol. The minimum atomic E-state index is -0.0196. The van der Waals surface area contributed by atoms with Crippen LogP contribution in [-0.4, -0.2) is 81.6 Å². The number of nitrogens with zero attached hydrogens (tertiary/aromatic N) is 6. The number of benzene rings is 1. The molecule has 0 aliphatic carbocycles. The number of hydrogen-bond acceptors (Lipinski definition) is 6. The summed E-state index contributed by atoms with van der Waals surface area (Å²) in [5.41, 5.74) is 2.98. The van der Waals surface area contributed by atoms with E-state index in [1.54, 1.807) is 10.9 Å². The fourth-order valence-electron chi connectivity index (χ4n) is 4.72. The molecule has 2 saturated heterocycles. The van der Waals surface area contributed by atoms with E-state index < -0.39 is 0 Å². The van der Waals surface area contributed by atoms with Crippen LogP contribution in [-0.2, 0) is 4.74 Å². The maximum Gasteiger partial charge on any atom is 0.276 e. The van der Waals surface area contributed by atoms with Gasteiger partial charge in [-0.05, 0) is 49.9 Å². The number of likely N-dealkylation sites (tertiary alicyclic amines) is 1. The molecule has 2 aliphatic rings. The molecule has 0 N–H and O–H groups in total. The smallest absolute Gasteiger partial charge is 0.276 e.